The van der Waals surface area contributed by atoms with E-state index >= 15 is 0 Å². The van der Waals surface area contributed by atoms with Crippen LogP contribution in [0, 0.1) is 17.7 Å². The van der Waals surface area contributed by atoms with Gasteiger partial charge in [0.1, 0.15) is 11.4 Å². The first-order chi connectivity index (χ1) is 14.2. The first kappa shape index (κ1) is 20.8. The van der Waals surface area contributed by atoms with Crippen LogP contribution in [-0.4, -0.2) is 45.7 Å². The highest BCUT2D eigenvalue weighted by atomic mass is 35.5. The van der Waals surface area contributed by atoms with E-state index in [0.29, 0.717) is 33.9 Å². The average Bonchev–Trinajstić information content (AvgIpc) is 3.22. The van der Waals surface area contributed by atoms with Crippen molar-refractivity contribution >= 4 is 23.6 Å². The Bertz CT molecular complexity index is 918. The predicted octanol–water partition coefficient (Wildman–Crippen LogP) is 4.99. The van der Waals surface area contributed by atoms with Gasteiger partial charge < -0.3 is 15.0 Å². The van der Waals surface area contributed by atoms with Crippen molar-refractivity contribution in [2.45, 2.75) is 45.3 Å². The monoisotopic (exact) mass is 432 g/mol. The molecule has 30 heavy (non-hydrogen) atoms. The van der Waals surface area contributed by atoms with Crippen LogP contribution >= 0.6 is 11.6 Å². The summed E-state index contributed by atoms with van der Waals surface area (Å²) >= 11 is 6.16. The Morgan fingerprint density at radius 1 is 1.20 bits per heavy atom. The number of carbonyl (C=O) groups excluding carboxylic acids is 1. The van der Waals surface area contributed by atoms with E-state index < -0.39 is 5.60 Å². The summed E-state index contributed by atoms with van der Waals surface area (Å²) in [6.07, 6.45) is 5.00. The smallest absolute Gasteiger partial charge is 0.410 e. The molecule has 1 unspecified atom stereocenters. The molecule has 2 fully saturated rings. The van der Waals surface area contributed by atoms with E-state index in [1.54, 1.807) is 12.4 Å². The Morgan fingerprint density at radius 3 is 2.43 bits per heavy atom. The van der Waals surface area contributed by atoms with Gasteiger partial charge in [0.15, 0.2) is 0 Å². The number of amides is 1. The van der Waals surface area contributed by atoms with Gasteiger partial charge in [0.2, 0.25) is 5.95 Å². The SMILES string of the molecule is CC(C)(C)OC(=O)N1C[C@H]2CC(Nc3ncc(-c4cc(F)ccc4Cl)cn3)C[C@H]2C1. The number of aromatic nitrogens is 2. The van der Waals surface area contributed by atoms with Gasteiger partial charge in [-0.2, -0.15) is 0 Å². The molecule has 1 aliphatic carbocycles. The summed E-state index contributed by atoms with van der Waals surface area (Å²) < 4.78 is 19.0. The van der Waals surface area contributed by atoms with Crippen LogP contribution < -0.4 is 5.32 Å². The molecular formula is C22H26ClFN4O2. The Labute approximate surface area is 180 Å². The van der Waals surface area contributed by atoms with E-state index in [-0.39, 0.29) is 18.0 Å². The lowest BCUT2D eigenvalue weighted by atomic mass is 10.0. The number of halogens is 2. The van der Waals surface area contributed by atoms with Crippen molar-refractivity contribution < 1.29 is 13.9 Å². The van der Waals surface area contributed by atoms with Gasteiger partial charge in [-0.1, -0.05) is 11.6 Å². The molecule has 160 valence electrons. The fraction of sp³-hybridized carbons (Fsp3) is 0.500. The molecule has 1 saturated heterocycles. The van der Waals surface area contributed by atoms with Crippen molar-refractivity contribution in [2.75, 3.05) is 18.4 Å². The topological polar surface area (TPSA) is 67.3 Å². The second-order valence-corrected chi connectivity index (χ2v) is 9.54. The highest BCUT2D eigenvalue weighted by Gasteiger charge is 2.43. The number of carbonyl (C=O) groups is 1. The maximum atomic E-state index is 13.5. The van der Waals surface area contributed by atoms with Crippen LogP contribution in [-0.2, 0) is 4.74 Å². The molecule has 3 atom stereocenters. The molecule has 1 aromatic carbocycles. The van der Waals surface area contributed by atoms with Gasteiger partial charge in [0.05, 0.1) is 0 Å². The molecule has 4 rings (SSSR count). The summed E-state index contributed by atoms with van der Waals surface area (Å²) in [6, 6.07) is 4.49. The molecular weight excluding hydrogens is 407 g/mol. The highest BCUT2D eigenvalue weighted by Crippen LogP contribution is 2.39. The zero-order valence-electron chi connectivity index (χ0n) is 17.4. The summed E-state index contributed by atoms with van der Waals surface area (Å²) in [6.45, 7) is 7.12. The van der Waals surface area contributed by atoms with Gasteiger partial charge in [-0.05, 0) is 63.6 Å². The second kappa shape index (κ2) is 8.02. The number of likely N-dealkylation sites (tertiary alicyclic amines) is 1. The Balaban J connectivity index is 1.33. The second-order valence-electron chi connectivity index (χ2n) is 9.14. The average molecular weight is 433 g/mol. The van der Waals surface area contributed by atoms with E-state index in [9.17, 15) is 9.18 Å². The molecule has 6 nitrogen and oxygen atoms in total. The molecule has 0 radical (unpaired) electrons. The number of fused-ring (bicyclic) bond motifs is 1. The van der Waals surface area contributed by atoms with Gasteiger partial charge in [0.25, 0.3) is 0 Å². The summed E-state index contributed by atoms with van der Waals surface area (Å²) in [5, 5.41) is 3.85. The maximum Gasteiger partial charge on any atom is 0.410 e. The molecule has 0 bridgehead atoms. The van der Waals surface area contributed by atoms with Crippen molar-refractivity contribution in [3.63, 3.8) is 0 Å². The number of nitrogens with one attached hydrogen (secondary N) is 1. The van der Waals surface area contributed by atoms with Gasteiger partial charge >= 0.3 is 6.09 Å². The molecule has 8 heteroatoms. The number of anilines is 1. The highest BCUT2D eigenvalue weighted by molar-refractivity contribution is 6.33. The number of hydrogen-bond acceptors (Lipinski definition) is 5. The Hall–Kier alpha value is -2.41. The van der Waals surface area contributed by atoms with Crippen LogP contribution in [0.4, 0.5) is 15.1 Å². The first-order valence-corrected chi connectivity index (χ1v) is 10.6. The minimum Gasteiger partial charge on any atom is -0.444 e. The molecule has 2 heterocycles. The summed E-state index contributed by atoms with van der Waals surface area (Å²) in [5.74, 6) is 1.11. The fourth-order valence-corrected chi connectivity index (χ4v) is 4.56. The largest absolute Gasteiger partial charge is 0.444 e. The summed E-state index contributed by atoms with van der Waals surface area (Å²) in [7, 11) is 0. The normalized spacial score (nSPS) is 23.4. The van der Waals surface area contributed by atoms with Crippen LogP contribution in [0.3, 0.4) is 0 Å². The lowest BCUT2D eigenvalue weighted by Gasteiger charge is -2.25. The number of rotatable bonds is 3. The van der Waals surface area contributed by atoms with Gasteiger partial charge in [0, 0.05) is 47.7 Å². The molecule has 2 aromatic rings. The number of ether oxygens (including phenoxy) is 1. The summed E-state index contributed by atoms with van der Waals surface area (Å²) in [5.41, 5.74) is 0.764. The van der Waals surface area contributed by atoms with Crippen LogP contribution in [0.25, 0.3) is 11.1 Å². The molecule has 1 saturated carbocycles. The van der Waals surface area contributed by atoms with Crippen molar-refractivity contribution in [3.8, 4) is 11.1 Å². The van der Waals surface area contributed by atoms with Crippen LogP contribution in [0.15, 0.2) is 30.6 Å². The molecule has 1 amide bonds. The molecule has 2 aliphatic rings. The Morgan fingerprint density at radius 2 is 1.83 bits per heavy atom. The van der Waals surface area contributed by atoms with Crippen LogP contribution in [0.5, 0.6) is 0 Å². The third kappa shape index (κ3) is 4.67. The molecule has 0 spiro atoms. The molecule has 1 aromatic heterocycles. The third-order valence-electron chi connectivity index (χ3n) is 5.63. The van der Waals surface area contributed by atoms with Crippen LogP contribution in [0.2, 0.25) is 5.02 Å². The van der Waals surface area contributed by atoms with Crippen molar-refractivity contribution in [3.05, 3.63) is 41.4 Å². The van der Waals surface area contributed by atoms with Gasteiger partial charge in [-0.3, -0.25) is 0 Å². The molecule has 1 aliphatic heterocycles. The molecule has 1 N–H and O–H groups in total. The zero-order valence-corrected chi connectivity index (χ0v) is 18.1. The van der Waals surface area contributed by atoms with E-state index in [2.05, 4.69) is 15.3 Å². The first-order valence-electron chi connectivity index (χ1n) is 10.2. The fourth-order valence-electron chi connectivity index (χ4n) is 4.34. The van der Waals surface area contributed by atoms with Gasteiger partial charge in [-0.25, -0.2) is 19.2 Å². The zero-order chi connectivity index (χ0) is 21.5. The van der Waals surface area contributed by atoms with Gasteiger partial charge in [-0.15, -0.1) is 0 Å². The van der Waals surface area contributed by atoms with E-state index in [0.717, 1.165) is 25.9 Å². The van der Waals surface area contributed by atoms with Crippen molar-refractivity contribution in [1.29, 1.82) is 0 Å². The van der Waals surface area contributed by atoms with Crippen LogP contribution in [0.1, 0.15) is 33.6 Å². The van der Waals surface area contributed by atoms with E-state index in [4.69, 9.17) is 16.3 Å². The Kier molecular flexibility index (Phi) is 5.57. The summed E-state index contributed by atoms with van der Waals surface area (Å²) in [4.78, 5) is 22.9. The predicted molar refractivity (Wildman–Crippen MR) is 114 cm³/mol. The standard InChI is InChI=1S/C22H26ClFN4O2/c1-22(2,3)30-21(29)28-11-13-6-17(7-14(13)12-28)27-20-25-9-15(10-26-20)18-8-16(24)4-5-19(18)23/h4-5,8-10,13-14,17H,6-7,11-12H2,1-3H3,(H,25,26,27)/t13-,14+,17?. The lowest BCUT2D eigenvalue weighted by Crippen LogP contribution is -2.36. The maximum absolute atomic E-state index is 13.5. The minimum absolute atomic E-state index is 0.226. The van der Waals surface area contributed by atoms with E-state index in [1.165, 1.54) is 18.2 Å². The minimum atomic E-state index is -0.474. The number of benzene rings is 1. The third-order valence-corrected chi connectivity index (χ3v) is 5.96. The quantitative estimate of drug-likeness (QED) is 0.739. The number of nitrogens with zero attached hydrogens (tertiary/aromatic N) is 3. The number of hydrogen-bond donors (Lipinski definition) is 1. The lowest BCUT2D eigenvalue weighted by molar-refractivity contribution is 0.0280. The van der Waals surface area contributed by atoms with Crippen molar-refractivity contribution in [2.24, 2.45) is 11.8 Å². The van der Waals surface area contributed by atoms with E-state index in [1.807, 2.05) is 25.7 Å². The van der Waals surface area contributed by atoms with Crippen molar-refractivity contribution in [1.82, 2.24) is 14.9 Å².